The van der Waals surface area contributed by atoms with Gasteiger partial charge in [0.05, 0.1) is 17.1 Å². The van der Waals surface area contributed by atoms with Crippen molar-refractivity contribution < 1.29 is 0 Å². The maximum atomic E-state index is 6.18. The molecule has 0 atom stereocenters. The van der Waals surface area contributed by atoms with Crippen molar-refractivity contribution in [2.45, 2.75) is 0 Å². The monoisotopic (exact) mass is 257 g/mol. The number of hydrogen-bond donors (Lipinski definition) is 1. The van der Waals surface area contributed by atoms with Crippen LogP contribution in [0.4, 0.5) is 17.1 Å². The average molecular weight is 257 g/mol. The molecule has 2 N–H and O–H groups in total. The molecule has 0 amide bonds. The Labute approximate surface area is 113 Å². The third-order valence-corrected chi connectivity index (χ3v) is 2.95. The molecule has 0 fully saturated rings. The standard InChI is InChI=1S/C14H19N5/c1-18(2)10-5-7-16-11(9-10)14-13(15)12(19(3)4)6-8-17-14/h5-9H,15H2,1-4H3. The molecule has 0 aliphatic carbocycles. The molecule has 2 aromatic heterocycles. The second kappa shape index (κ2) is 5.14. The van der Waals surface area contributed by atoms with Gasteiger partial charge in [0, 0.05) is 46.3 Å². The summed E-state index contributed by atoms with van der Waals surface area (Å²) in [6.07, 6.45) is 3.53. The highest BCUT2D eigenvalue weighted by molar-refractivity contribution is 5.82. The Kier molecular flexibility index (Phi) is 3.55. The molecule has 0 radical (unpaired) electrons. The first-order chi connectivity index (χ1) is 9.00. The summed E-state index contributed by atoms with van der Waals surface area (Å²) in [5, 5.41) is 0. The minimum Gasteiger partial charge on any atom is -0.395 e. The van der Waals surface area contributed by atoms with Crippen LogP contribution in [0, 0.1) is 0 Å². The molecule has 0 bridgehead atoms. The number of nitrogens with zero attached hydrogens (tertiary/aromatic N) is 4. The molecule has 0 saturated heterocycles. The van der Waals surface area contributed by atoms with E-state index in [1.807, 2.05) is 56.2 Å². The number of nitrogen functional groups attached to an aromatic ring is 1. The molecule has 100 valence electrons. The fourth-order valence-corrected chi connectivity index (χ4v) is 1.88. The summed E-state index contributed by atoms with van der Waals surface area (Å²) in [6.45, 7) is 0. The van der Waals surface area contributed by atoms with Crippen molar-refractivity contribution in [3.8, 4) is 11.4 Å². The first kappa shape index (κ1) is 13.1. The van der Waals surface area contributed by atoms with E-state index in [4.69, 9.17) is 5.73 Å². The van der Waals surface area contributed by atoms with Crippen LogP contribution >= 0.6 is 0 Å². The zero-order valence-corrected chi connectivity index (χ0v) is 11.8. The van der Waals surface area contributed by atoms with Crippen LogP contribution in [-0.2, 0) is 0 Å². The second-order valence-electron chi connectivity index (χ2n) is 4.78. The predicted molar refractivity (Wildman–Crippen MR) is 80.5 cm³/mol. The molecule has 0 aliphatic heterocycles. The second-order valence-corrected chi connectivity index (χ2v) is 4.78. The maximum absolute atomic E-state index is 6.18. The van der Waals surface area contributed by atoms with E-state index in [-0.39, 0.29) is 0 Å². The zero-order chi connectivity index (χ0) is 14.0. The first-order valence-corrected chi connectivity index (χ1v) is 6.06. The van der Waals surface area contributed by atoms with Gasteiger partial charge in [-0.15, -0.1) is 0 Å². The van der Waals surface area contributed by atoms with Gasteiger partial charge in [0.15, 0.2) is 0 Å². The molecule has 5 nitrogen and oxygen atoms in total. The lowest BCUT2D eigenvalue weighted by Gasteiger charge is -2.17. The highest BCUT2D eigenvalue weighted by Gasteiger charge is 2.11. The van der Waals surface area contributed by atoms with Crippen LogP contribution in [0.1, 0.15) is 0 Å². The number of hydrogen-bond acceptors (Lipinski definition) is 5. The first-order valence-electron chi connectivity index (χ1n) is 6.06. The lowest BCUT2D eigenvalue weighted by Crippen LogP contribution is -2.12. The minimum absolute atomic E-state index is 0.649. The smallest absolute Gasteiger partial charge is 0.114 e. The van der Waals surface area contributed by atoms with Crippen molar-refractivity contribution in [1.82, 2.24) is 9.97 Å². The molecule has 0 unspecified atom stereocenters. The average Bonchev–Trinajstić information content (AvgIpc) is 2.38. The van der Waals surface area contributed by atoms with Gasteiger partial charge in [-0.1, -0.05) is 0 Å². The molecule has 0 spiro atoms. The van der Waals surface area contributed by atoms with Crippen LogP contribution in [0.15, 0.2) is 30.6 Å². The number of pyridine rings is 2. The number of rotatable bonds is 3. The van der Waals surface area contributed by atoms with Gasteiger partial charge in [0.25, 0.3) is 0 Å². The number of anilines is 3. The van der Waals surface area contributed by atoms with Crippen molar-refractivity contribution in [3.05, 3.63) is 30.6 Å². The van der Waals surface area contributed by atoms with Gasteiger partial charge >= 0.3 is 0 Å². The van der Waals surface area contributed by atoms with E-state index in [2.05, 4.69) is 9.97 Å². The van der Waals surface area contributed by atoms with Crippen molar-refractivity contribution in [2.75, 3.05) is 43.7 Å². The van der Waals surface area contributed by atoms with E-state index in [1.54, 1.807) is 12.4 Å². The molecule has 2 heterocycles. The summed E-state index contributed by atoms with van der Waals surface area (Å²) in [4.78, 5) is 12.7. The SMILES string of the molecule is CN(C)c1ccnc(-c2nccc(N(C)C)c2N)c1. The van der Waals surface area contributed by atoms with Gasteiger partial charge in [-0.05, 0) is 18.2 Å². The highest BCUT2D eigenvalue weighted by atomic mass is 15.1. The molecule has 0 aromatic carbocycles. The van der Waals surface area contributed by atoms with E-state index in [1.165, 1.54) is 0 Å². The van der Waals surface area contributed by atoms with E-state index >= 15 is 0 Å². The Bertz CT molecular complexity index is 578. The quantitative estimate of drug-likeness (QED) is 0.909. The van der Waals surface area contributed by atoms with Gasteiger partial charge in [-0.3, -0.25) is 9.97 Å². The summed E-state index contributed by atoms with van der Waals surface area (Å²) in [7, 11) is 7.90. The van der Waals surface area contributed by atoms with Gasteiger partial charge in [-0.25, -0.2) is 0 Å². The van der Waals surface area contributed by atoms with Crippen molar-refractivity contribution in [1.29, 1.82) is 0 Å². The van der Waals surface area contributed by atoms with Crippen LogP contribution in [0.5, 0.6) is 0 Å². The Morgan fingerprint density at radius 2 is 1.63 bits per heavy atom. The van der Waals surface area contributed by atoms with Crippen molar-refractivity contribution in [2.24, 2.45) is 0 Å². The maximum Gasteiger partial charge on any atom is 0.114 e. The summed E-state index contributed by atoms with van der Waals surface area (Å²) in [6, 6.07) is 5.84. The molecule has 0 saturated carbocycles. The van der Waals surface area contributed by atoms with E-state index < -0.39 is 0 Å². The molecule has 2 rings (SSSR count). The zero-order valence-electron chi connectivity index (χ0n) is 11.8. The lowest BCUT2D eigenvalue weighted by atomic mass is 10.1. The van der Waals surface area contributed by atoms with E-state index in [9.17, 15) is 0 Å². The Balaban J connectivity index is 2.53. The summed E-state index contributed by atoms with van der Waals surface area (Å²) < 4.78 is 0. The molecule has 0 aliphatic rings. The highest BCUT2D eigenvalue weighted by Crippen LogP contribution is 2.30. The van der Waals surface area contributed by atoms with Gasteiger partial charge in [-0.2, -0.15) is 0 Å². The molecule has 19 heavy (non-hydrogen) atoms. The van der Waals surface area contributed by atoms with Gasteiger partial charge in [0.2, 0.25) is 0 Å². The summed E-state index contributed by atoms with van der Waals surface area (Å²) in [5.74, 6) is 0. The fraction of sp³-hybridized carbons (Fsp3) is 0.286. The molecule has 2 aromatic rings. The number of aromatic nitrogens is 2. The van der Waals surface area contributed by atoms with Crippen LogP contribution < -0.4 is 15.5 Å². The molecular weight excluding hydrogens is 238 g/mol. The van der Waals surface area contributed by atoms with Crippen LogP contribution in [0.25, 0.3) is 11.4 Å². The molecular formula is C14H19N5. The predicted octanol–water partition coefficient (Wildman–Crippen LogP) is 1.86. The summed E-state index contributed by atoms with van der Waals surface area (Å²) in [5.41, 5.74) is 10.4. The Morgan fingerprint density at radius 1 is 0.947 bits per heavy atom. The third-order valence-electron chi connectivity index (χ3n) is 2.95. The lowest BCUT2D eigenvalue weighted by molar-refractivity contribution is 1.11. The minimum atomic E-state index is 0.649. The Hall–Kier alpha value is -2.30. The van der Waals surface area contributed by atoms with Crippen molar-refractivity contribution in [3.63, 3.8) is 0 Å². The normalized spacial score (nSPS) is 10.3. The fourth-order valence-electron chi connectivity index (χ4n) is 1.88. The topological polar surface area (TPSA) is 58.3 Å². The van der Waals surface area contributed by atoms with Crippen LogP contribution in [-0.4, -0.2) is 38.2 Å². The summed E-state index contributed by atoms with van der Waals surface area (Å²) >= 11 is 0. The van der Waals surface area contributed by atoms with E-state index in [0.29, 0.717) is 5.69 Å². The largest absolute Gasteiger partial charge is 0.395 e. The van der Waals surface area contributed by atoms with Crippen LogP contribution in [0.2, 0.25) is 0 Å². The van der Waals surface area contributed by atoms with Gasteiger partial charge < -0.3 is 15.5 Å². The Morgan fingerprint density at radius 3 is 2.26 bits per heavy atom. The van der Waals surface area contributed by atoms with Crippen molar-refractivity contribution >= 4 is 17.1 Å². The van der Waals surface area contributed by atoms with Crippen LogP contribution in [0.3, 0.4) is 0 Å². The third kappa shape index (κ3) is 2.59. The number of nitrogens with two attached hydrogens (primary N) is 1. The molecule has 5 heteroatoms. The van der Waals surface area contributed by atoms with E-state index in [0.717, 1.165) is 22.8 Å². The van der Waals surface area contributed by atoms with Gasteiger partial charge in [0.1, 0.15) is 5.69 Å².